The fourth-order valence-electron chi connectivity index (χ4n) is 2.52. The summed E-state index contributed by atoms with van der Waals surface area (Å²) in [5.74, 6) is 1.26. The Hall–Kier alpha value is -1.82. The standard InChI is InChI=1S/C17H26FN3O2/c1-4-22-16-11-14(12-16)20-17(19-2)21(3)9-10-23-15-7-5-13(18)6-8-15/h5-8,14,16H,4,9-12H2,1-3H3,(H,19,20). The summed E-state index contributed by atoms with van der Waals surface area (Å²) in [7, 11) is 3.75. The topological polar surface area (TPSA) is 46.1 Å². The third kappa shape index (κ3) is 5.39. The summed E-state index contributed by atoms with van der Waals surface area (Å²) in [5, 5.41) is 3.44. The van der Waals surface area contributed by atoms with Crippen LogP contribution < -0.4 is 10.1 Å². The summed E-state index contributed by atoms with van der Waals surface area (Å²) in [4.78, 5) is 6.33. The molecule has 1 fully saturated rings. The van der Waals surface area contributed by atoms with Crippen LogP contribution in [0.5, 0.6) is 5.75 Å². The first-order chi connectivity index (χ1) is 11.1. The van der Waals surface area contributed by atoms with Crippen molar-refractivity contribution in [1.82, 2.24) is 10.2 Å². The number of hydrogen-bond acceptors (Lipinski definition) is 3. The molecule has 0 amide bonds. The third-order valence-corrected chi connectivity index (χ3v) is 3.91. The summed E-state index contributed by atoms with van der Waals surface area (Å²) in [6.45, 7) is 4.00. The molecule has 0 radical (unpaired) electrons. The molecule has 0 bridgehead atoms. The van der Waals surface area contributed by atoms with Gasteiger partial charge in [0.15, 0.2) is 5.96 Å². The molecule has 1 aliphatic carbocycles. The minimum atomic E-state index is -0.259. The highest BCUT2D eigenvalue weighted by molar-refractivity contribution is 5.80. The van der Waals surface area contributed by atoms with E-state index < -0.39 is 0 Å². The van der Waals surface area contributed by atoms with Gasteiger partial charge in [-0.05, 0) is 44.0 Å². The fraction of sp³-hybridized carbons (Fsp3) is 0.588. The van der Waals surface area contributed by atoms with E-state index in [1.165, 1.54) is 12.1 Å². The molecule has 5 nitrogen and oxygen atoms in total. The predicted molar refractivity (Wildman–Crippen MR) is 89.5 cm³/mol. The highest BCUT2D eigenvalue weighted by Gasteiger charge is 2.30. The van der Waals surface area contributed by atoms with Gasteiger partial charge in [0.1, 0.15) is 18.2 Å². The van der Waals surface area contributed by atoms with E-state index in [1.54, 1.807) is 19.2 Å². The van der Waals surface area contributed by atoms with Crippen molar-refractivity contribution in [2.24, 2.45) is 4.99 Å². The number of nitrogens with zero attached hydrogens (tertiary/aromatic N) is 2. The molecular weight excluding hydrogens is 297 g/mol. The van der Waals surface area contributed by atoms with Gasteiger partial charge in [-0.2, -0.15) is 0 Å². The largest absolute Gasteiger partial charge is 0.492 e. The lowest BCUT2D eigenvalue weighted by Crippen LogP contribution is -2.52. The van der Waals surface area contributed by atoms with Crippen LogP contribution >= 0.6 is 0 Å². The van der Waals surface area contributed by atoms with E-state index in [-0.39, 0.29) is 5.82 Å². The van der Waals surface area contributed by atoms with E-state index >= 15 is 0 Å². The normalized spacial score (nSPS) is 20.8. The van der Waals surface area contributed by atoms with Gasteiger partial charge >= 0.3 is 0 Å². The second-order valence-electron chi connectivity index (χ2n) is 5.66. The number of hydrogen-bond donors (Lipinski definition) is 1. The van der Waals surface area contributed by atoms with E-state index in [0.29, 0.717) is 31.0 Å². The highest BCUT2D eigenvalue weighted by Crippen LogP contribution is 2.23. The number of likely N-dealkylation sites (N-methyl/N-ethyl adjacent to an activating group) is 1. The molecule has 0 unspecified atom stereocenters. The summed E-state index contributed by atoms with van der Waals surface area (Å²) in [6.07, 6.45) is 2.42. The first-order valence-electron chi connectivity index (χ1n) is 8.06. The zero-order valence-corrected chi connectivity index (χ0v) is 14.1. The van der Waals surface area contributed by atoms with Crippen molar-refractivity contribution in [1.29, 1.82) is 0 Å². The molecule has 0 saturated heterocycles. The van der Waals surface area contributed by atoms with Crippen LogP contribution in [0.15, 0.2) is 29.3 Å². The molecule has 1 aromatic carbocycles. The minimum absolute atomic E-state index is 0.259. The molecule has 0 aromatic heterocycles. The highest BCUT2D eigenvalue weighted by atomic mass is 19.1. The third-order valence-electron chi connectivity index (χ3n) is 3.91. The fourth-order valence-corrected chi connectivity index (χ4v) is 2.52. The molecular formula is C17H26FN3O2. The molecule has 0 heterocycles. The van der Waals surface area contributed by atoms with Crippen LogP contribution in [-0.4, -0.2) is 56.9 Å². The van der Waals surface area contributed by atoms with Crippen molar-refractivity contribution in [3.63, 3.8) is 0 Å². The maximum atomic E-state index is 12.8. The Morgan fingerprint density at radius 2 is 2.04 bits per heavy atom. The molecule has 0 spiro atoms. The van der Waals surface area contributed by atoms with Crippen LogP contribution in [-0.2, 0) is 4.74 Å². The van der Waals surface area contributed by atoms with Crippen LogP contribution in [0.3, 0.4) is 0 Å². The maximum Gasteiger partial charge on any atom is 0.193 e. The number of rotatable bonds is 7. The van der Waals surface area contributed by atoms with Gasteiger partial charge in [0.05, 0.1) is 12.6 Å². The first kappa shape index (κ1) is 17.5. The summed E-state index contributed by atoms with van der Waals surface area (Å²) in [6, 6.07) is 6.47. The first-order valence-corrected chi connectivity index (χ1v) is 8.06. The predicted octanol–water partition coefficient (Wildman–Crippen LogP) is 2.28. The molecule has 23 heavy (non-hydrogen) atoms. The van der Waals surface area contributed by atoms with Crippen LogP contribution in [0.25, 0.3) is 0 Å². The Kier molecular flexibility index (Phi) is 6.65. The molecule has 1 N–H and O–H groups in total. The van der Waals surface area contributed by atoms with Crippen molar-refractivity contribution >= 4 is 5.96 Å². The lowest BCUT2D eigenvalue weighted by Gasteiger charge is -2.37. The van der Waals surface area contributed by atoms with E-state index in [2.05, 4.69) is 10.3 Å². The summed E-state index contributed by atoms with van der Waals surface area (Å²) in [5.41, 5.74) is 0. The zero-order valence-electron chi connectivity index (χ0n) is 14.1. The number of aliphatic imine (C=N–C) groups is 1. The quantitative estimate of drug-likeness (QED) is 0.618. The van der Waals surface area contributed by atoms with Gasteiger partial charge in [0, 0.05) is 26.7 Å². The smallest absolute Gasteiger partial charge is 0.193 e. The van der Waals surface area contributed by atoms with Gasteiger partial charge < -0.3 is 19.7 Å². The molecule has 1 saturated carbocycles. The Balaban J connectivity index is 1.69. The van der Waals surface area contributed by atoms with Crippen LogP contribution in [0.1, 0.15) is 19.8 Å². The van der Waals surface area contributed by atoms with Gasteiger partial charge in [-0.15, -0.1) is 0 Å². The lowest BCUT2D eigenvalue weighted by atomic mass is 9.89. The Labute approximate surface area is 137 Å². The minimum Gasteiger partial charge on any atom is -0.492 e. The van der Waals surface area contributed by atoms with Gasteiger partial charge in [-0.1, -0.05) is 0 Å². The Morgan fingerprint density at radius 3 is 2.65 bits per heavy atom. The van der Waals surface area contributed by atoms with Gasteiger partial charge in [-0.25, -0.2) is 4.39 Å². The Bertz CT molecular complexity index is 501. The van der Waals surface area contributed by atoms with Crippen LogP contribution in [0, 0.1) is 5.82 Å². The average Bonchev–Trinajstić information content (AvgIpc) is 2.51. The van der Waals surface area contributed by atoms with Gasteiger partial charge in [0.25, 0.3) is 0 Å². The molecule has 6 heteroatoms. The number of nitrogens with one attached hydrogen (secondary N) is 1. The van der Waals surface area contributed by atoms with E-state index in [0.717, 1.165) is 25.4 Å². The molecule has 2 rings (SSSR count). The molecule has 1 aliphatic rings. The monoisotopic (exact) mass is 323 g/mol. The van der Waals surface area contributed by atoms with Crippen molar-refractivity contribution in [2.45, 2.75) is 31.9 Å². The molecule has 0 aliphatic heterocycles. The van der Waals surface area contributed by atoms with E-state index in [1.807, 2.05) is 18.9 Å². The van der Waals surface area contributed by atoms with Crippen molar-refractivity contribution in [3.8, 4) is 5.75 Å². The molecule has 128 valence electrons. The average molecular weight is 323 g/mol. The summed E-state index contributed by atoms with van der Waals surface area (Å²) < 4.78 is 24.0. The number of guanidine groups is 1. The SMILES string of the molecule is CCOC1CC(NC(=NC)N(C)CCOc2ccc(F)cc2)C1. The second-order valence-corrected chi connectivity index (χ2v) is 5.66. The van der Waals surface area contributed by atoms with Crippen molar-refractivity contribution in [3.05, 3.63) is 30.1 Å². The van der Waals surface area contributed by atoms with E-state index in [4.69, 9.17) is 9.47 Å². The zero-order chi connectivity index (χ0) is 16.7. The molecule has 1 aromatic rings. The van der Waals surface area contributed by atoms with Crippen LogP contribution in [0.4, 0.5) is 4.39 Å². The van der Waals surface area contributed by atoms with Gasteiger partial charge in [0.2, 0.25) is 0 Å². The van der Waals surface area contributed by atoms with E-state index in [9.17, 15) is 4.39 Å². The Morgan fingerprint density at radius 1 is 1.35 bits per heavy atom. The maximum absolute atomic E-state index is 12.8. The summed E-state index contributed by atoms with van der Waals surface area (Å²) >= 11 is 0. The lowest BCUT2D eigenvalue weighted by molar-refractivity contribution is -0.00623. The second kappa shape index (κ2) is 8.72. The van der Waals surface area contributed by atoms with Gasteiger partial charge in [-0.3, -0.25) is 4.99 Å². The number of benzene rings is 1. The van der Waals surface area contributed by atoms with Crippen molar-refractivity contribution in [2.75, 3.05) is 33.9 Å². The van der Waals surface area contributed by atoms with Crippen molar-refractivity contribution < 1.29 is 13.9 Å². The van der Waals surface area contributed by atoms with Crippen LogP contribution in [0.2, 0.25) is 0 Å². The number of halogens is 1. The number of ether oxygens (including phenoxy) is 2. The molecule has 0 atom stereocenters.